The minimum atomic E-state index is -0.221. The van der Waals surface area contributed by atoms with Gasteiger partial charge in [0.15, 0.2) is 0 Å². The largest absolute Gasteiger partial charge is 0.378 e. The van der Waals surface area contributed by atoms with E-state index in [-0.39, 0.29) is 11.9 Å². The van der Waals surface area contributed by atoms with Crippen molar-refractivity contribution >= 4 is 17.6 Å². The maximum Gasteiger partial charge on any atom is 0.228 e. The summed E-state index contributed by atoms with van der Waals surface area (Å²) in [4.78, 5) is 21.4. The summed E-state index contributed by atoms with van der Waals surface area (Å²) in [5.41, 5.74) is 3.33. The maximum absolute atomic E-state index is 14.4. The molecule has 2 aliphatic rings. The maximum atomic E-state index is 14.4. The Bertz CT molecular complexity index is 1180. The number of anilines is 3. The molecule has 2 fully saturated rings. The molecule has 0 spiro atoms. The Kier molecular flexibility index (Phi) is 6.81. The van der Waals surface area contributed by atoms with Crippen LogP contribution in [0.5, 0.6) is 0 Å². The van der Waals surface area contributed by atoms with Crippen LogP contribution in [0.4, 0.5) is 22.0 Å². The Morgan fingerprint density at radius 1 is 0.971 bits per heavy atom. The van der Waals surface area contributed by atoms with Crippen molar-refractivity contribution in [2.75, 3.05) is 60.6 Å². The first kappa shape index (κ1) is 23.5. The summed E-state index contributed by atoms with van der Waals surface area (Å²) in [6.07, 6.45) is 2.84. The first-order valence-electron chi connectivity index (χ1n) is 12.4. The van der Waals surface area contributed by atoms with Crippen LogP contribution in [0, 0.1) is 19.7 Å². The van der Waals surface area contributed by atoms with Gasteiger partial charge >= 0.3 is 0 Å². The Labute approximate surface area is 206 Å². The Hall–Kier alpha value is -3.26. The Morgan fingerprint density at radius 2 is 1.80 bits per heavy atom. The van der Waals surface area contributed by atoms with Crippen LogP contribution >= 0.6 is 0 Å². The summed E-state index contributed by atoms with van der Waals surface area (Å²) < 4.78 is 20.0. The van der Waals surface area contributed by atoms with Gasteiger partial charge in [-0.1, -0.05) is 25.1 Å². The van der Waals surface area contributed by atoms with E-state index in [1.165, 1.54) is 5.56 Å². The molecule has 5 rings (SSSR count). The molecule has 0 amide bonds. The Morgan fingerprint density at radius 3 is 2.54 bits per heavy atom. The van der Waals surface area contributed by atoms with Crippen LogP contribution < -0.4 is 14.7 Å². The normalized spacial score (nSPS) is 18.7. The molecule has 0 unspecified atom stereocenters. The lowest BCUT2D eigenvalue weighted by Crippen LogP contribution is -2.54. The second-order valence-electron chi connectivity index (χ2n) is 9.32. The molecular weight excluding hydrogens is 443 g/mol. The van der Waals surface area contributed by atoms with E-state index >= 15 is 0 Å². The van der Waals surface area contributed by atoms with Gasteiger partial charge in [0.1, 0.15) is 17.5 Å². The molecule has 8 heteroatoms. The fourth-order valence-corrected chi connectivity index (χ4v) is 4.88. The van der Waals surface area contributed by atoms with Crippen molar-refractivity contribution in [2.45, 2.75) is 33.2 Å². The molecule has 4 heterocycles. The number of piperazine rings is 1. The van der Waals surface area contributed by atoms with E-state index in [0.29, 0.717) is 24.7 Å². The zero-order valence-electron chi connectivity index (χ0n) is 20.7. The highest BCUT2D eigenvalue weighted by Gasteiger charge is 2.29. The van der Waals surface area contributed by atoms with Gasteiger partial charge < -0.3 is 19.4 Å². The lowest BCUT2D eigenvalue weighted by Gasteiger charge is -2.43. The molecule has 1 aromatic carbocycles. The molecule has 3 aromatic rings. The molecule has 2 aromatic heterocycles. The van der Waals surface area contributed by atoms with Gasteiger partial charge in [0, 0.05) is 56.6 Å². The molecule has 7 nitrogen and oxygen atoms in total. The van der Waals surface area contributed by atoms with E-state index in [1.807, 2.05) is 30.5 Å². The van der Waals surface area contributed by atoms with E-state index in [2.05, 4.69) is 39.6 Å². The second kappa shape index (κ2) is 10.2. The van der Waals surface area contributed by atoms with Gasteiger partial charge in [-0.05, 0) is 43.5 Å². The number of hydrogen-bond acceptors (Lipinski definition) is 7. The third kappa shape index (κ3) is 4.93. The summed E-state index contributed by atoms with van der Waals surface area (Å²) in [5, 5.41) is 0. The average molecular weight is 477 g/mol. The SMILES string of the molecule is CC[C@@H]1CN(c2ncccc2C)CCN1c1cc(-c2ccc(C)c(F)c2)nc(N2CCOCC2)n1. The molecule has 35 heavy (non-hydrogen) atoms. The fourth-order valence-electron chi connectivity index (χ4n) is 4.88. The van der Waals surface area contributed by atoms with Crippen LogP contribution in [0.3, 0.4) is 0 Å². The number of aryl methyl sites for hydroxylation is 2. The van der Waals surface area contributed by atoms with Crippen molar-refractivity contribution in [3.05, 3.63) is 59.5 Å². The minimum Gasteiger partial charge on any atom is -0.378 e. The number of halogens is 1. The first-order chi connectivity index (χ1) is 17.0. The quantitative estimate of drug-likeness (QED) is 0.546. The second-order valence-corrected chi connectivity index (χ2v) is 9.32. The van der Waals surface area contributed by atoms with Crippen LogP contribution in [0.1, 0.15) is 24.5 Å². The third-order valence-corrected chi connectivity index (χ3v) is 6.99. The van der Waals surface area contributed by atoms with E-state index in [1.54, 1.807) is 13.0 Å². The van der Waals surface area contributed by atoms with E-state index < -0.39 is 0 Å². The van der Waals surface area contributed by atoms with Gasteiger partial charge in [-0.2, -0.15) is 4.98 Å². The molecule has 0 radical (unpaired) electrons. The predicted molar refractivity (Wildman–Crippen MR) is 138 cm³/mol. The number of pyridine rings is 1. The predicted octanol–water partition coefficient (Wildman–Crippen LogP) is 4.24. The summed E-state index contributed by atoms with van der Waals surface area (Å²) in [6.45, 7) is 11.5. The zero-order chi connectivity index (χ0) is 24.4. The number of aromatic nitrogens is 3. The van der Waals surface area contributed by atoms with E-state index in [9.17, 15) is 4.39 Å². The van der Waals surface area contributed by atoms with Crippen molar-refractivity contribution in [3.63, 3.8) is 0 Å². The van der Waals surface area contributed by atoms with Crippen LogP contribution in [-0.2, 0) is 4.74 Å². The van der Waals surface area contributed by atoms with Crippen molar-refractivity contribution < 1.29 is 9.13 Å². The zero-order valence-corrected chi connectivity index (χ0v) is 20.7. The summed E-state index contributed by atoms with van der Waals surface area (Å²) in [7, 11) is 0. The molecule has 0 saturated carbocycles. The number of morpholine rings is 1. The van der Waals surface area contributed by atoms with Crippen molar-refractivity contribution in [2.24, 2.45) is 0 Å². The lowest BCUT2D eigenvalue weighted by atomic mass is 10.1. The number of benzene rings is 1. The molecule has 0 aliphatic carbocycles. The fraction of sp³-hybridized carbons (Fsp3) is 0.444. The van der Waals surface area contributed by atoms with Crippen LogP contribution in [0.2, 0.25) is 0 Å². The van der Waals surface area contributed by atoms with Gasteiger partial charge in [0.2, 0.25) is 5.95 Å². The van der Waals surface area contributed by atoms with Crippen LogP contribution in [0.25, 0.3) is 11.3 Å². The smallest absolute Gasteiger partial charge is 0.228 e. The Balaban J connectivity index is 1.50. The lowest BCUT2D eigenvalue weighted by molar-refractivity contribution is 0.122. The molecule has 0 bridgehead atoms. The van der Waals surface area contributed by atoms with Crippen LogP contribution in [0.15, 0.2) is 42.6 Å². The molecular formula is C27H33FN6O. The highest BCUT2D eigenvalue weighted by molar-refractivity contribution is 5.66. The van der Waals surface area contributed by atoms with Crippen molar-refractivity contribution in [1.82, 2.24) is 15.0 Å². The minimum absolute atomic E-state index is 0.221. The summed E-state index contributed by atoms with van der Waals surface area (Å²) in [6, 6.07) is 11.7. The summed E-state index contributed by atoms with van der Waals surface area (Å²) in [5.74, 6) is 2.40. The summed E-state index contributed by atoms with van der Waals surface area (Å²) >= 11 is 0. The standard InChI is InChI=1S/C27H33FN6O/c1-4-22-18-33(26-20(3)6-5-9-29-26)10-11-34(22)25-17-24(21-8-7-19(2)23(28)16-21)30-27(31-25)32-12-14-35-15-13-32/h5-9,16-17,22H,4,10-15,18H2,1-3H3/t22-/m1/s1. The monoisotopic (exact) mass is 476 g/mol. The molecule has 0 N–H and O–H groups in total. The molecule has 2 saturated heterocycles. The average Bonchev–Trinajstić information content (AvgIpc) is 2.90. The van der Waals surface area contributed by atoms with Gasteiger partial charge in [-0.15, -0.1) is 0 Å². The molecule has 184 valence electrons. The van der Waals surface area contributed by atoms with Crippen molar-refractivity contribution in [3.8, 4) is 11.3 Å². The molecule has 2 aliphatic heterocycles. The van der Waals surface area contributed by atoms with Gasteiger partial charge in [-0.3, -0.25) is 0 Å². The highest BCUT2D eigenvalue weighted by Crippen LogP contribution is 2.30. The molecule has 1 atom stereocenters. The third-order valence-electron chi connectivity index (χ3n) is 6.99. The topological polar surface area (TPSA) is 57.6 Å². The number of ether oxygens (including phenoxy) is 1. The van der Waals surface area contributed by atoms with Gasteiger partial charge in [0.25, 0.3) is 0 Å². The van der Waals surface area contributed by atoms with E-state index in [4.69, 9.17) is 14.7 Å². The number of rotatable bonds is 5. The van der Waals surface area contributed by atoms with Gasteiger partial charge in [0.05, 0.1) is 18.9 Å². The highest BCUT2D eigenvalue weighted by atomic mass is 19.1. The first-order valence-corrected chi connectivity index (χ1v) is 12.4. The number of nitrogens with zero attached hydrogens (tertiary/aromatic N) is 6. The number of hydrogen-bond donors (Lipinski definition) is 0. The van der Waals surface area contributed by atoms with Crippen molar-refractivity contribution in [1.29, 1.82) is 0 Å². The van der Waals surface area contributed by atoms with E-state index in [0.717, 1.165) is 62.0 Å². The van der Waals surface area contributed by atoms with Gasteiger partial charge in [-0.25, -0.2) is 14.4 Å². The van der Waals surface area contributed by atoms with Crippen LogP contribution in [-0.4, -0.2) is 66.9 Å².